The monoisotopic (exact) mass is 226 g/mol. The van der Waals surface area contributed by atoms with E-state index in [0.29, 0.717) is 18.6 Å². The highest BCUT2D eigenvalue weighted by atomic mass is 16.6. The van der Waals surface area contributed by atoms with Crippen LogP contribution in [-0.4, -0.2) is 37.4 Å². The van der Waals surface area contributed by atoms with E-state index in [4.69, 9.17) is 14.2 Å². The molecule has 2 heterocycles. The average molecular weight is 226 g/mol. The van der Waals surface area contributed by atoms with Gasteiger partial charge in [-0.3, -0.25) is 4.79 Å². The first-order valence-electron chi connectivity index (χ1n) is 5.24. The van der Waals surface area contributed by atoms with Gasteiger partial charge in [0.15, 0.2) is 6.10 Å². The minimum absolute atomic E-state index is 0.0403. The average Bonchev–Trinajstić information content (AvgIpc) is 2.80. The highest BCUT2D eigenvalue weighted by Crippen LogP contribution is 2.32. The first-order valence-corrected chi connectivity index (χ1v) is 5.24. The van der Waals surface area contributed by atoms with Crippen molar-refractivity contribution in [1.82, 2.24) is 0 Å². The normalized spacial score (nSPS) is 32.1. The quantitative estimate of drug-likeness (QED) is 0.516. The van der Waals surface area contributed by atoms with E-state index in [1.165, 1.54) is 0 Å². The number of esters is 2. The summed E-state index contributed by atoms with van der Waals surface area (Å²) in [5.74, 6) is -0.912. The Morgan fingerprint density at radius 3 is 3.06 bits per heavy atom. The first-order chi connectivity index (χ1) is 7.59. The van der Waals surface area contributed by atoms with Crippen molar-refractivity contribution in [3.63, 3.8) is 0 Å². The van der Waals surface area contributed by atoms with Crippen LogP contribution >= 0.6 is 0 Å². The van der Waals surface area contributed by atoms with Crippen LogP contribution in [0, 0.1) is 5.92 Å². The predicted octanol–water partition coefficient (Wildman–Crippen LogP) is 0.436. The van der Waals surface area contributed by atoms with Crippen molar-refractivity contribution in [2.24, 2.45) is 5.92 Å². The van der Waals surface area contributed by atoms with Crippen LogP contribution in [0.4, 0.5) is 0 Å². The topological polar surface area (TPSA) is 61.8 Å². The zero-order valence-electron chi connectivity index (χ0n) is 9.10. The molecule has 0 aromatic carbocycles. The lowest BCUT2D eigenvalue weighted by Crippen LogP contribution is -2.30. The number of cyclic esters (lactones) is 1. The number of rotatable bonds is 3. The van der Waals surface area contributed by atoms with Crippen LogP contribution in [0.15, 0.2) is 12.2 Å². The molecule has 88 valence electrons. The maximum atomic E-state index is 11.4. The number of carbonyl (C=O) groups excluding carboxylic acids is 2. The zero-order chi connectivity index (χ0) is 11.7. The van der Waals surface area contributed by atoms with Crippen molar-refractivity contribution >= 4 is 11.9 Å². The van der Waals surface area contributed by atoms with E-state index in [-0.39, 0.29) is 24.6 Å². The second-order valence-electron chi connectivity index (χ2n) is 4.08. The van der Waals surface area contributed by atoms with Crippen LogP contribution in [0.1, 0.15) is 13.3 Å². The summed E-state index contributed by atoms with van der Waals surface area (Å²) in [5.41, 5.74) is 0.327. The molecular formula is C11H14O5. The Morgan fingerprint density at radius 1 is 1.62 bits per heavy atom. The highest BCUT2D eigenvalue weighted by Gasteiger charge is 2.48. The maximum Gasteiger partial charge on any atom is 0.333 e. The first kappa shape index (κ1) is 11.1. The van der Waals surface area contributed by atoms with E-state index in [0.717, 1.165) is 0 Å². The predicted molar refractivity (Wildman–Crippen MR) is 53.5 cm³/mol. The van der Waals surface area contributed by atoms with Gasteiger partial charge >= 0.3 is 11.9 Å². The third-order valence-corrected chi connectivity index (χ3v) is 2.80. The Morgan fingerprint density at radius 2 is 2.38 bits per heavy atom. The number of hydrogen-bond donors (Lipinski definition) is 0. The van der Waals surface area contributed by atoms with Crippen LogP contribution in [-0.2, 0) is 23.8 Å². The molecule has 2 rings (SSSR count). The molecule has 0 bridgehead atoms. The Labute approximate surface area is 93.4 Å². The SMILES string of the molecule is C=C(C)C(=O)OCC1OC(=O)C2CCOC12. The maximum absolute atomic E-state index is 11.4. The second kappa shape index (κ2) is 4.25. The molecule has 3 unspecified atom stereocenters. The van der Waals surface area contributed by atoms with Crippen LogP contribution in [0.5, 0.6) is 0 Å². The van der Waals surface area contributed by atoms with Gasteiger partial charge < -0.3 is 14.2 Å². The van der Waals surface area contributed by atoms with Crippen molar-refractivity contribution < 1.29 is 23.8 Å². The van der Waals surface area contributed by atoms with Crippen LogP contribution in [0.3, 0.4) is 0 Å². The van der Waals surface area contributed by atoms with Crippen molar-refractivity contribution in [1.29, 1.82) is 0 Å². The Kier molecular flexibility index (Phi) is 2.96. The molecule has 2 saturated heterocycles. The Hall–Kier alpha value is -1.36. The molecule has 0 amide bonds. The van der Waals surface area contributed by atoms with Gasteiger partial charge in [-0.15, -0.1) is 0 Å². The summed E-state index contributed by atoms with van der Waals surface area (Å²) < 4.78 is 15.4. The van der Waals surface area contributed by atoms with Gasteiger partial charge in [-0.1, -0.05) is 6.58 Å². The zero-order valence-corrected chi connectivity index (χ0v) is 9.10. The summed E-state index contributed by atoms with van der Waals surface area (Å²) in [5, 5.41) is 0. The summed E-state index contributed by atoms with van der Waals surface area (Å²) in [6, 6.07) is 0. The molecule has 0 spiro atoms. The van der Waals surface area contributed by atoms with Gasteiger partial charge in [-0.05, 0) is 13.3 Å². The third-order valence-electron chi connectivity index (χ3n) is 2.80. The molecule has 5 nitrogen and oxygen atoms in total. The van der Waals surface area contributed by atoms with E-state index in [1.807, 2.05) is 0 Å². The van der Waals surface area contributed by atoms with E-state index in [1.54, 1.807) is 6.92 Å². The van der Waals surface area contributed by atoms with E-state index < -0.39 is 12.1 Å². The summed E-state index contributed by atoms with van der Waals surface area (Å²) in [6.07, 6.45) is -0.0391. The fourth-order valence-corrected chi connectivity index (χ4v) is 1.94. The van der Waals surface area contributed by atoms with E-state index in [9.17, 15) is 9.59 Å². The minimum atomic E-state index is -0.475. The lowest BCUT2D eigenvalue weighted by atomic mass is 10.0. The third kappa shape index (κ3) is 1.95. The summed E-state index contributed by atoms with van der Waals surface area (Å²) in [7, 11) is 0. The molecule has 2 aliphatic heterocycles. The molecule has 0 aromatic rings. The Bertz CT molecular complexity index is 335. The van der Waals surface area contributed by atoms with Crippen LogP contribution < -0.4 is 0 Å². The minimum Gasteiger partial charge on any atom is -0.458 e. The van der Waals surface area contributed by atoms with Crippen molar-refractivity contribution in [2.45, 2.75) is 25.6 Å². The van der Waals surface area contributed by atoms with E-state index >= 15 is 0 Å². The summed E-state index contributed by atoms with van der Waals surface area (Å²) in [6.45, 7) is 5.64. The Balaban J connectivity index is 1.89. The van der Waals surface area contributed by atoms with Crippen LogP contribution in [0.2, 0.25) is 0 Å². The van der Waals surface area contributed by atoms with Crippen molar-refractivity contribution in [3.05, 3.63) is 12.2 Å². The molecule has 0 aromatic heterocycles. The van der Waals surface area contributed by atoms with Gasteiger partial charge in [0, 0.05) is 12.2 Å². The van der Waals surface area contributed by atoms with Gasteiger partial charge in [0.2, 0.25) is 0 Å². The lowest BCUT2D eigenvalue weighted by molar-refractivity contribution is -0.153. The van der Waals surface area contributed by atoms with E-state index in [2.05, 4.69) is 6.58 Å². The van der Waals surface area contributed by atoms with Crippen molar-refractivity contribution in [3.8, 4) is 0 Å². The molecule has 0 aliphatic carbocycles. The number of carbonyl (C=O) groups is 2. The van der Waals surface area contributed by atoms with Gasteiger partial charge in [0.05, 0.1) is 5.92 Å². The van der Waals surface area contributed by atoms with Gasteiger partial charge in [-0.2, -0.15) is 0 Å². The molecule has 2 aliphatic rings. The molecule has 5 heteroatoms. The lowest BCUT2D eigenvalue weighted by Gasteiger charge is -2.15. The summed E-state index contributed by atoms with van der Waals surface area (Å²) >= 11 is 0. The standard InChI is InChI=1S/C11H14O5/c1-6(2)10(12)15-5-8-9-7(3-4-14-9)11(13)16-8/h7-9H,1,3-5H2,2H3. The molecule has 0 radical (unpaired) electrons. The number of hydrogen-bond acceptors (Lipinski definition) is 5. The van der Waals surface area contributed by atoms with Crippen LogP contribution in [0.25, 0.3) is 0 Å². The van der Waals surface area contributed by atoms with Gasteiger partial charge in [0.1, 0.15) is 12.7 Å². The fraction of sp³-hybridized carbons (Fsp3) is 0.636. The van der Waals surface area contributed by atoms with Gasteiger partial charge in [-0.25, -0.2) is 4.79 Å². The fourth-order valence-electron chi connectivity index (χ4n) is 1.94. The molecule has 16 heavy (non-hydrogen) atoms. The molecular weight excluding hydrogens is 212 g/mol. The highest BCUT2D eigenvalue weighted by molar-refractivity contribution is 5.87. The molecule has 2 fully saturated rings. The largest absolute Gasteiger partial charge is 0.458 e. The smallest absolute Gasteiger partial charge is 0.333 e. The molecule has 3 atom stereocenters. The van der Waals surface area contributed by atoms with Crippen molar-refractivity contribution in [2.75, 3.05) is 13.2 Å². The number of ether oxygens (including phenoxy) is 3. The van der Waals surface area contributed by atoms with Gasteiger partial charge in [0.25, 0.3) is 0 Å². The number of fused-ring (bicyclic) bond motifs is 1. The molecule has 0 N–H and O–H groups in total. The summed E-state index contributed by atoms with van der Waals surface area (Å²) in [4.78, 5) is 22.6. The molecule has 0 saturated carbocycles. The second-order valence-corrected chi connectivity index (χ2v) is 4.08.